The molecule has 0 aromatic heterocycles. The molecule has 0 aliphatic rings. The van der Waals surface area contributed by atoms with Crippen LogP contribution in [0.1, 0.15) is 23.6 Å². The number of hydrogen-bond donors (Lipinski definition) is 2. The van der Waals surface area contributed by atoms with Crippen LogP contribution in [0.25, 0.3) is 0 Å². The number of rotatable bonds is 7. The van der Waals surface area contributed by atoms with Gasteiger partial charge in [0.2, 0.25) is 5.91 Å². The minimum atomic E-state index is -0.258. The first-order chi connectivity index (χ1) is 11.1. The molecule has 1 unspecified atom stereocenters. The molecule has 0 spiro atoms. The Morgan fingerprint density at radius 3 is 2.52 bits per heavy atom. The zero-order valence-electron chi connectivity index (χ0n) is 13.9. The molecule has 0 aliphatic carbocycles. The Balaban J connectivity index is 1.82. The normalized spacial score (nSPS) is 11.8. The van der Waals surface area contributed by atoms with E-state index < -0.39 is 0 Å². The lowest BCUT2D eigenvalue weighted by Gasteiger charge is -2.15. The van der Waals surface area contributed by atoms with Gasteiger partial charge in [0.05, 0.1) is 13.2 Å². The summed E-state index contributed by atoms with van der Waals surface area (Å²) in [6.07, 6.45) is 0. The number of ether oxygens (including phenoxy) is 1. The number of nitrogens with one attached hydrogen (secondary N) is 2. The zero-order valence-corrected chi connectivity index (χ0v) is 13.9. The Hall–Kier alpha value is -2.33. The average molecular weight is 312 g/mol. The van der Waals surface area contributed by atoms with Gasteiger partial charge in [0, 0.05) is 13.1 Å². The molecule has 2 N–H and O–H groups in total. The summed E-state index contributed by atoms with van der Waals surface area (Å²) in [5.41, 5.74) is 3.29. The average Bonchev–Trinajstić information content (AvgIpc) is 2.59. The molecule has 4 nitrogen and oxygen atoms in total. The highest BCUT2D eigenvalue weighted by atomic mass is 16.5. The van der Waals surface area contributed by atoms with Gasteiger partial charge in [-0.25, -0.2) is 0 Å². The Morgan fingerprint density at radius 1 is 1.09 bits per heavy atom. The molecule has 23 heavy (non-hydrogen) atoms. The van der Waals surface area contributed by atoms with Crippen molar-refractivity contribution in [2.24, 2.45) is 0 Å². The van der Waals surface area contributed by atoms with Crippen LogP contribution in [0.3, 0.4) is 0 Å². The Morgan fingerprint density at radius 2 is 1.83 bits per heavy atom. The van der Waals surface area contributed by atoms with Gasteiger partial charge in [0.25, 0.3) is 0 Å². The number of methoxy groups -OCH3 is 1. The summed E-state index contributed by atoms with van der Waals surface area (Å²) in [6.45, 7) is 5.04. The number of benzene rings is 2. The Kier molecular flexibility index (Phi) is 6.18. The number of amides is 1. The molecule has 2 rings (SSSR count). The van der Waals surface area contributed by atoms with Crippen molar-refractivity contribution in [2.45, 2.75) is 33.0 Å². The van der Waals surface area contributed by atoms with Gasteiger partial charge in [0.15, 0.2) is 0 Å². The van der Waals surface area contributed by atoms with E-state index in [2.05, 4.69) is 10.6 Å². The number of hydrogen-bond acceptors (Lipinski definition) is 3. The van der Waals surface area contributed by atoms with Crippen molar-refractivity contribution in [3.8, 4) is 5.75 Å². The van der Waals surface area contributed by atoms with Gasteiger partial charge in [-0.3, -0.25) is 4.79 Å². The monoisotopic (exact) mass is 312 g/mol. The number of carbonyl (C=O) groups excluding carboxylic acids is 1. The second kappa shape index (κ2) is 8.34. The van der Waals surface area contributed by atoms with Gasteiger partial charge in [-0.15, -0.1) is 0 Å². The van der Waals surface area contributed by atoms with Gasteiger partial charge >= 0.3 is 0 Å². The van der Waals surface area contributed by atoms with Crippen LogP contribution >= 0.6 is 0 Å². The fourth-order valence-corrected chi connectivity index (χ4v) is 2.28. The Bertz CT molecular complexity index is 641. The van der Waals surface area contributed by atoms with Crippen LogP contribution in [-0.2, 0) is 17.9 Å². The fourth-order valence-electron chi connectivity index (χ4n) is 2.28. The second-order valence-electron chi connectivity index (χ2n) is 5.61. The molecule has 0 radical (unpaired) electrons. The maximum atomic E-state index is 12.1. The van der Waals surface area contributed by atoms with E-state index in [1.807, 2.05) is 62.4 Å². The highest BCUT2D eigenvalue weighted by Crippen LogP contribution is 2.18. The van der Waals surface area contributed by atoms with Crippen molar-refractivity contribution in [3.05, 3.63) is 65.2 Å². The highest BCUT2D eigenvalue weighted by Gasteiger charge is 2.12. The maximum absolute atomic E-state index is 12.1. The van der Waals surface area contributed by atoms with Crippen molar-refractivity contribution in [2.75, 3.05) is 7.11 Å². The first-order valence-corrected chi connectivity index (χ1v) is 7.78. The van der Waals surface area contributed by atoms with Crippen molar-refractivity contribution < 1.29 is 9.53 Å². The zero-order chi connectivity index (χ0) is 16.7. The summed E-state index contributed by atoms with van der Waals surface area (Å²) < 4.78 is 5.32. The van der Waals surface area contributed by atoms with E-state index in [0.717, 1.165) is 22.4 Å². The first-order valence-electron chi connectivity index (χ1n) is 7.78. The van der Waals surface area contributed by atoms with Crippen LogP contribution in [-0.4, -0.2) is 19.1 Å². The van der Waals surface area contributed by atoms with E-state index in [-0.39, 0.29) is 11.9 Å². The van der Waals surface area contributed by atoms with E-state index in [1.54, 1.807) is 7.11 Å². The molecule has 1 atom stereocenters. The van der Waals surface area contributed by atoms with Crippen molar-refractivity contribution in [3.63, 3.8) is 0 Å². The van der Waals surface area contributed by atoms with Crippen LogP contribution in [0.15, 0.2) is 48.5 Å². The predicted octanol–water partition coefficient (Wildman–Crippen LogP) is 2.80. The van der Waals surface area contributed by atoms with Crippen molar-refractivity contribution >= 4 is 5.91 Å². The minimum Gasteiger partial charge on any atom is -0.496 e. The molecule has 2 aromatic carbocycles. The fraction of sp³-hybridized carbons (Fsp3) is 0.316. The summed E-state index contributed by atoms with van der Waals surface area (Å²) in [4.78, 5) is 12.1. The van der Waals surface area contributed by atoms with Gasteiger partial charge < -0.3 is 15.4 Å². The maximum Gasteiger partial charge on any atom is 0.237 e. The van der Waals surface area contributed by atoms with E-state index in [9.17, 15) is 4.79 Å². The summed E-state index contributed by atoms with van der Waals surface area (Å²) >= 11 is 0. The summed E-state index contributed by atoms with van der Waals surface area (Å²) in [5.74, 6) is 0.860. The van der Waals surface area contributed by atoms with Crippen LogP contribution in [0.2, 0.25) is 0 Å². The van der Waals surface area contributed by atoms with Crippen LogP contribution in [0.5, 0.6) is 5.75 Å². The molecule has 1 amide bonds. The largest absolute Gasteiger partial charge is 0.496 e. The molecule has 4 heteroatoms. The summed E-state index contributed by atoms with van der Waals surface area (Å²) in [5, 5.41) is 6.18. The standard InChI is InChI=1S/C19H24N2O2/c1-14-9-10-17(11-18(14)23-3)13-20-15(2)19(22)21-12-16-7-5-4-6-8-16/h4-11,15,20H,12-13H2,1-3H3,(H,21,22). The predicted molar refractivity (Wildman–Crippen MR) is 92.3 cm³/mol. The quantitative estimate of drug-likeness (QED) is 0.826. The lowest BCUT2D eigenvalue weighted by Crippen LogP contribution is -2.41. The molecule has 0 heterocycles. The van der Waals surface area contributed by atoms with Crippen LogP contribution in [0.4, 0.5) is 0 Å². The molecule has 0 fully saturated rings. The molecular weight excluding hydrogens is 288 g/mol. The van der Waals surface area contributed by atoms with Crippen molar-refractivity contribution in [1.82, 2.24) is 10.6 Å². The lowest BCUT2D eigenvalue weighted by molar-refractivity contribution is -0.122. The highest BCUT2D eigenvalue weighted by molar-refractivity contribution is 5.81. The molecule has 2 aromatic rings. The molecule has 0 saturated heterocycles. The van der Waals surface area contributed by atoms with E-state index in [4.69, 9.17) is 4.74 Å². The van der Waals surface area contributed by atoms with Crippen LogP contribution < -0.4 is 15.4 Å². The van der Waals surface area contributed by atoms with Gasteiger partial charge in [-0.2, -0.15) is 0 Å². The molecule has 0 aliphatic heterocycles. The third kappa shape index (κ3) is 5.11. The van der Waals surface area contributed by atoms with E-state index in [0.29, 0.717) is 13.1 Å². The Labute approximate surface area is 137 Å². The minimum absolute atomic E-state index is 0.00655. The smallest absolute Gasteiger partial charge is 0.237 e. The summed E-state index contributed by atoms with van der Waals surface area (Å²) in [7, 11) is 1.67. The van der Waals surface area contributed by atoms with Gasteiger partial charge in [-0.05, 0) is 36.6 Å². The molecule has 122 valence electrons. The first kappa shape index (κ1) is 17.0. The van der Waals surface area contributed by atoms with Crippen molar-refractivity contribution in [1.29, 1.82) is 0 Å². The van der Waals surface area contributed by atoms with Gasteiger partial charge in [0.1, 0.15) is 5.75 Å². The SMILES string of the molecule is COc1cc(CNC(C)C(=O)NCc2ccccc2)ccc1C. The number of carbonyl (C=O) groups is 1. The van der Waals surface area contributed by atoms with Crippen LogP contribution in [0, 0.1) is 6.92 Å². The molecule has 0 saturated carbocycles. The molecule has 0 bridgehead atoms. The van der Waals surface area contributed by atoms with E-state index in [1.165, 1.54) is 0 Å². The third-order valence-electron chi connectivity index (χ3n) is 3.79. The number of aryl methyl sites for hydroxylation is 1. The third-order valence-corrected chi connectivity index (χ3v) is 3.79. The van der Waals surface area contributed by atoms with E-state index >= 15 is 0 Å². The summed E-state index contributed by atoms with van der Waals surface area (Å²) in [6, 6.07) is 15.7. The van der Waals surface area contributed by atoms with Gasteiger partial charge in [-0.1, -0.05) is 42.5 Å². The second-order valence-corrected chi connectivity index (χ2v) is 5.61. The topological polar surface area (TPSA) is 50.4 Å². The molecular formula is C19H24N2O2. The lowest BCUT2D eigenvalue weighted by atomic mass is 10.1.